The van der Waals surface area contributed by atoms with E-state index in [1.807, 2.05) is 30.3 Å². The lowest BCUT2D eigenvalue weighted by Crippen LogP contribution is -2.32. The highest BCUT2D eigenvalue weighted by atomic mass is 16.5. The molecule has 11 aromatic carbocycles. The third-order valence-corrected chi connectivity index (χ3v) is 17.6. The van der Waals surface area contributed by atoms with E-state index in [-0.39, 0.29) is 12.0 Å². The lowest BCUT2D eigenvalue weighted by molar-refractivity contribution is 0.286. The molecule has 20 rings (SSSR count). The summed E-state index contributed by atoms with van der Waals surface area (Å²) in [5.41, 5.74) is 19.8. The zero-order valence-corrected chi connectivity index (χ0v) is 42.1. The van der Waals surface area contributed by atoms with Crippen LogP contribution in [0.2, 0.25) is 0 Å². The van der Waals surface area contributed by atoms with Gasteiger partial charge in [0.1, 0.15) is 78.7 Å². The number of para-hydroxylation sites is 3. The van der Waals surface area contributed by atoms with Crippen LogP contribution >= 0.6 is 0 Å². The number of benzene rings is 11. The van der Waals surface area contributed by atoms with Crippen molar-refractivity contribution < 1.29 is 31.2 Å². The van der Waals surface area contributed by atoms with Gasteiger partial charge in [-0.05, 0) is 131 Å². The van der Waals surface area contributed by atoms with Crippen LogP contribution in [0.5, 0.6) is 5.75 Å². The van der Waals surface area contributed by atoms with Crippen LogP contribution in [0.25, 0.3) is 188 Å². The lowest BCUT2D eigenvalue weighted by Gasteiger charge is -2.14. The van der Waals surface area contributed by atoms with Crippen molar-refractivity contribution in [3.8, 4) is 39.1 Å². The Labute approximate surface area is 450 Å². The van der Waals surface area contributed by atoms with Crippen LogP contribution in [-0.4, -0.2) is 11.1 Å². The summed E-state index contributed by atoms with van der Waals surface area (Å²) in [6.07, 6.45) is 4.32. The minimum absolute atomic E-state index is 0.0343. The lowest BCUT2D eigenvalue weighted by atomic mass is 9.89. The molecule has 2 unspecified atom stereocenters. The Balaban J connectivity index is 0.643. The normalized spacial score (nSPS) is 15.3. The molecule has 0 saturated heterocycles. The van der Waals surface area contributed by atoms with Crippen molar-refractivity contribution >= 4 is 155 Å². The summed E-state index contributed by atoms with van der Waals surface area (Å²) < 4.78 is 45.8. The molecule has 1 N–H and O–H groups in total. The maximum Gasteiger partial charge on any atom is 0.147 e. The summed E-state index contributed by atoms with van der Waals surface area (Å²) in [6.45, 7) is 0. The summed E-state index contributed by atoms with van der Waals surface area (Å²) >= 11 is 0. The van der Waals surface area contributed by atoms with E-state index in [2.05, 4.69) is 181 Å². The summed E-state index contributed by atoms with van der Waals surface area (Å²) in [5, 5.41) is 15.0. The molecule has 0 spiro atoms. The van der Waals surface area contributed by atoms with Crippen LogP contribution in [0.3, 0.4) is 0 Å². The fourth-order valence-corrected chi connectivity index (χ4v) is 13.8. The van der Waals surface area contributed by atoms with Gasteiger partial charge < -0.3 is 36.2 Å². The smallest absolute Gasteiger partial charge is 0.147 e. The van der Waals surface area contributed by atoms with Crippen LogP contribution in [0.1, 0.15) is 11.5 Å². The van der Waals surface area contributed by atoms with E-state index in [0.29, 0.717) is 0 Å². The number of hydrogen-bond acceptors (Lipinski definition) is 7. The van der Waals surface area contributed by atoms with E-state index in [4.69, 9.17) is 31.2 Å². The first-order valence-corrected chi connectivity index (χ1v) is 27.1. The van der Waals surface area contributed by atoms with Crippen LogP contribution in [0, 0.1) is 0 Å². The number of aromatic nitrogens is 1. The maximum atomic E-state index is 6.79. The van der Waals surface area contributed by atoms with E-state index in [0.717, 1.165) is 181 Å². The van der Waals surface area contributed by atoms with Gasteiger partial charge in [-0.25, -0.2) is 0 Å². The molecule has 80 heavy (non-hydrogen) atoms. The van der Waals surface area contributed by atoms with E-state index in [9.17, 15) is 0 Å². The second-order valence-corrected chi connectivity index (χ2v) is 21.8. The molecule has 8 heterocycles. The maximum absolute atomic E-state index is 6.79. The average Bonchev–Trinajstić information content (AvgIpc) is 4.48. The number of furan rings is 6. The topological polar surface area (TPSA) is 104 Å². The third kappa shape index (κ3) is 5.48. The van der Waals surface area contributed by atoms with Crippen molar-refractivity contribution in [2.24, 2.45) is 0 Å². The van der Waals surface area contributed by atoms with E-state index in [1.165, 1.54) is 16.3 Å². The Bertz CT molecular complexity index is 5990. The molecule has 2 atom stereocenters. The first-order valence-electron chi connectivity index (χ1n) is 27.1. The second kappa shape index (κ2) is 14.7. The number of rotatable bonds is 3. The molecular formula is C72H37NO7. The molecule has 1 aliphatic heterocycles. The van der Waals surface area contributed by atoms with Crippen molar-refractivity contribution in [3.05, 3.63) is 210 Å². The molecular weight excluding hydrogens is 991 g/mol. The van der Waals surface area contributed by atoms with Gasteiger partial charge in [0.2, 0.25) is 0 Å². The summed E-state index contributed by atoms with van der Waals surface area (Å²) in [7, 11) is 0. The van der Waals surface area contributed by atoms with Crippen molar-refractivity contribution in [2.45, 2.75) is 12.0 Å². The Hall–Kier alpha value is -10.7. The largest absolute Gasteiger partial charge is 0.485 e. The predicted molar refractivity (Wildman–Crippen MR) is 320 cm³/mol. The molecule has 18 aromatic rings. The molecule has 1 aliphatic carbocycles. The van der Waals surface area contributed by atoms with Crippen LogP contribution in [0.4, 0.5) is 0 Å². The number of hydrogen-bond donors (Lipinski definition) is 1. The SMILES string of the molecule is C1=c2oc3cc(-c4cccc5c4oc4ccc6c7cc(-c8ccc9oc%10c(ccc%11oc%12ccccc%12c%11%10)c9c8)ccc7oc6c45)ccc3c2=CC2c3cc(-c4ccc5[nH]c6cc7oc8ccccc8c7cc6c5c4)ccc3OC12. The fourth-order valence-electron chi connectivity index (χ4n) is 13.8. The van der Waals surface area contributed by atoms with Crippen molar-refractivity contribution in [1.82, 2.24) is 4.98 Å². The number of H-pyrrole nitrogens is 1. The molecule has 0 saturated carbocycles. The summed E-state index contributed by atoms with van der Waals surface area (Å²) in [6, 6.07) is 68.2. The average molecular weight is 1030 g/mol. The van der Waals surface area contributed by atoms with Crippen molar-refractivity contribution in [2.75, 3.05) is 0 Å². The molecule has 8 nitrogen and oxygen atoms in total. The number of aromatic amines is 1. The monoisotopic (exact) mass is 1030 g/mol. The molecule has 0 fully saturated rings. The fraction of sp³-hybridized carbons (Fsp3) is 0.0278. The van der Waals surface area contributed by atoms with Crippen LogP contribution in [-0.2, 0) is 0 Å². The molecule has 0 amide bonds. The molecule has 372 valence electrons. The Kier molecular flexibility index (Phi) is 7.59. The van der Waals surface area contributed by atoms with Gasteiger partial charge >= 0.3 is 0 Å². The van der Waals surface area contributed by atoms with Gasteiger partial charge in [0.25, 0.3) is 0 Å². The number of fused-ring (bicyclic) bond motifs is 26. The standard InChI is InChI=1S/C72H37NO7/c1-3-10-57-41(6-1)52-31-48-47-26-35(13-20-55(47)73-56(48)33-65(52)75-57)38-14-21-59-51(29-38)54-32-53-42-17-12-39(30-64(42)77-66(53)34-67(54)76-59)40-8-5-9-46-69-63(80-70(40)46)25-19-44-50-28-37(16-23-61(50)79-72(44)69)36-15-22-60-49(27-36)43-18-24-62-68(71(43)78-60)45-7-2-4-11-58(45)74-62/h1-34,54,67,73H. The summed E-state index contributed by atoms with van der Waals surface area (Å²) in [4.78, 5) is 3.64. The van der Waals surface area contributed by atoms with Gasteiger partial charge in [0, 0.05) is 99.2 Å². The van der Waals surface area contributed by atoms with Crippen LogP contribution < -0.4 is 15.4 Å². The van der Waals surface area contributed by atoms with E-state index < -0.39 is 0 Å². The zero-order chi connectivity index (χ0) is 51.6. The quantitative estimate of drug-likeness (QED) is 0.188. The third-order valence-electron chi connectivity index (χ3n) is 17.6. The van der Waals surface area contributed by atoms with E-state index >= 15 is 0 Å². The van der Waals surface area contributed by atoms with Gasteiger partial charge in [-0.1, -0.05) is 91.0 Å². The van der Waals surface area contributed by atoms with Gasteiger partial charge in [-0.2, -0.15) is 0 Å². The predicted octanol–water partition coefficient (Wildman–Crippen LogP) is 18.7. The van der Waals surface area contributed by atoms with Gasteiger partial charge in [-0.15, -0.1) is 0 Å². The second-order valence-electron chi connectivity index (χ2n) is 21.8. The molecule has 0 radical (unpaired) electrons. The van der Waals surface area contributed by atoms with Gasteiger partial charge in [0.05, 0.1) is 16.3 Å². The highest BCUT2D eigenvalue weighted by Gasteiger charge is 2.35. The molecule has 7 aromatic heterocycles. The summed E-state index contributed by atoms with van der Waals surface area (Å²) in [5.74, 6) is 0.940. The van der Waals surface area contributed by atoms with Gasteiger partial charge in [0.15, 0.2) is 0 Å². The Morgan fingerprint density at radius 2 is 0.887 bits per heavy atom. The Morgan fingerprint density at radius 1 is 0.312 bits per heavy atom. The first-order chi connectivity index (χ1) is 39.5. The number of ether oxygens (including phenoxy) is 1. The van der Waals surface area contributed by atoms with E-state index in [1.54, 1.807) is 0 Å². The molecule has 2 aliphatic rings. The molecule has 0 bridgehead atoms. The van der Waals surface area contributed by atoms with Crippen molar-refractivity contribution in [3.63, 3.8) is 0 Å². The zero-order valence-electron chi connectivity index (χ0n) is 42.1. The highest BCUT2D eigenvalue weighted by Crippen LogP contribution is 2.47. The van der Waals surface area contributed by atoms with Gasteiger partial charge in [-0.3, -0.25) is 0 Å². The highest BCUT2D eigenvalue weighted by molar-refractivity contribution is 6.25. The first kappa shape index (κ1) is 41.5. The Morgan fingerprint density at radius 3 is 1.70 bits per heavy atom. The van der Waals surface area contributed by atoms with Crippen LogP contribution in [0.15, 0.2) is 221 Å². The van der Waals surface area contributed by atoms with Crippen molar-refractivity contribution in [1.29, 1.82) is 0 Å². The molecule has 8 heteroatoms. The number of nitrogens with one attached hydrogen (secondary N) is 1. The minimum Gasteiger partial charge on any atom is -0.485 e. The minimum atomic E-state index is -0.175.